The first-order valence-corrected chi connectivity index (χ1v) is 6.70. The molecule has 0 aromatic heterocycles. The molecule has 0 bridgehead atoms. The van der Waals surface area contributed by atoms with E-state index >= 15 is 0 Å². The van der Waals surface area contributed by atoms with Gasteiger partial charge in [-0.1, -0.05) is 65.8 Å². The van der Waals surface area contributed by atoms with Crippen LogP contribution in [0.5, 0.6) is 0 Å². The third-order valence-corrected chi connectivity index (χ3v) is 3.08. The van der Waals surface area contributed by atoms with Gasteiger partial charge in [-0.05, 0) is 16.7 Å². The van der Waals surface area contributed by atoms with Crippen molar-refractivity contribution in [2.45, 2.75) is 18.8 Å². The van der Waals surface area contributed by atoms with E-state index in [-0.39, 0.29) is 6.61 Å². The summed E-state index contributed by atoms with van der Waals surface area (Å²) < 4.78 is 5.50. The van der Waals surface area contributed by atoms with Crippen LogP contribution in [0.3, 0.4) is 0 Å². The van der Waals surface area contributed by atoms with Crippen LogP contribution in [0.25, 0.3) is 10.4 Å². The molecule has 0 unspecified atom stereocenters. The fourth-order valence-corrected chi connectivity index (χ4v) is 2.03. The minimum atomic E-state index is -0.882. The smallest absolute Gasteiger partial charge is 0.0907 e. The van der Waals surface area contributed by atoms with Gasteiger partial charge in [-0.25, -0.2) is 0 Å². The number of hydrogen-bond acceptors (Lipinski definition) is 3. The molecule has 0 radical (unpaired) electrons. The van der Waals surface area contributed by atoms with E-state index in [0.29, 0.717) is 6.61 Å². The number of hydrogen-bond donors (Lipinski definition) is 1. The van der Waals surface area contributed by atoms with Crippen molar-refractivity contribution in [3.63, 3.8) is 0 Å². The molecule has 0 amide bonds. The van der Waals surface area contributed by atoms with Gasteiger partial charge in [0.05, 0.1) is 25.4 Å². The monoisotopic (exact) mass is 283 g/mol. The van der Waals surface area contributed by atoms with Crippen molar-refractivity contribution in [2.24, 2.45) is 5.11 Å². The Bertz CT molecular complexity index is 583. The van der Waals surface area contributed by atoms with Gasteiger partial charge < -0.3 is 9.84 Å². The fourth-order valence-electron chi connectivity index (χ4n) is 2.03. The summed E-state index contributed by atoms with van der Waals surface area (Å²) in [5, 5.41) is 13.9. The Morgan fingerprint density at radius 1 is 1.05 bits per heavy atom. The van der Waals surface area contributed by atoms with E-state index in [1.54, 1.807) is 0 Å². The Balaban J connectivity index is 1.93. The fraction of sp³-hybridized carbons (Fsp3) is 0.250. The molecule has 0 saturated carbocycles. The van der Waals surface area contributed by atoms with Gasteiger partial charge in [0.15, 0.2) is 0 Å². The van der Waals surface area contributed by atoms with E-state index in [4.69, 9.17) is 10.3 Å². The summed E-state index contributed by atoms with van der Waals surface area (Å²) in [6, 6.07) is 18.2. The van der Waals surface area contributed by atoms with Gasteiger partial charge >= 0.3 is 0 Å². The lowest BCUT2D eigenvalue weighted by atomic mass is 10.0. The van der Waals surface area contributed by atoms with Crippen LogP contribution in [0.2, 0.25) is 0 Å². The highest BCUT2D eigenvalue weighted by Crippen LogP contribution is 2.22. The van der Waals surface area contributed by atoms with Crippen molar-refractivity contribution in [1.82, 2.24) is 0 Å². The molecule has 0 heterocycles. The maximum Gasteiger partial charge on any atom is 0.0907 e. The molecule has 0 aliphatic carbocycles. The zero-order valence-corrected chi connectivity index (χ0v) is 11.5. The molecular formula is C16H17N3O2. The van der Waals surface area contributed by atoms with Crippen LogP contribution >= 0.6 is 0 Å². The SMILES string of the molecule is [N-]=[N+]=N[C@H](c1ccccc1)[C@@H](O)COCc1ccccc1. The van der Waals surface area contributed by atoms with Crippen LogP contribution in [0.4, 0.5) is 0 Å². The quantitative estimate of drug-likeness (QED) is 0.478. The van der Waals surface area contributed by atoms with Gasteiger partial charge in [0, 0.05) is 4.91 Å². The second kappa shape index (κ2) is 8.07. The Labute approximate surface area is 123 Å². The van der Waals surface area contributed by atoms with Crippen molar-refractivity contribution < 1.29 is 9.84 Å². The molecule has 0 aliphatic rings. The molecule has 5 nitrogen and oxygen atoms in total. The highest BCUT2D eigenvalue weighted by Gasteiger charge is 2.19. The Hall–Kier alpha value is -2.33. The summed E-state index contributed by atoms with van der Waals surface area (Å²) in [7, 11) is 0. The molecule has 5 heteroatoms. The van der Waals surface area contributed by atoms with E-state index in [1.807, 2.05) is 60.7 Å². The summed E-state index contributed by atoms with van der Waals surface area (Å²) >= 11 is 0. The normalized spacial score (nSPS) is 13.2. The van der Waals surface area contributed by atoms with Crippen molar-refractivity contribution >= 4 is 0 Å². The number of aliphatic hydroxyl groups excluding tert-OH is 1. The van der Waals surface area contributed by atoms with Crippen LogP contribution in [-0.2, 0) is 11.3 Å². The van der Waals surface area contributed by atoms with Crippen LogP contribution in [0.15, 0.2) is 65.8 Å². The van der Waals surface area contributed by atoms with Gasteiger partial charge in [-0.15, -0.1) is 0 Å². The van der Waals surface area contributed by atoms with Gasteiger partial charge in [0.2, 0.25) is 0 Å². The zero-order valence-electron chi connectivity index (χ0n) is 11.5. The number of benzene rings is 2. The van der Waals surface area contributed by atoms with E-state index in [9.17, 15) is 5.11 Å². The predicted molar refractivity (Wildman–Crippen MR) is 80.4 cm³/mol. The average Bonchev–Trinajstić information content (AvgIpc) is 2.54. The molecule has 1 N–H and O–H groups in total. The summed E-state index contributed by atoms with van der Waals surface area (Å²) in [5.74, 6) is 0. The third-order valence-electron chi connectivity index (χ3n) is 3.08. The highest BCUT2D eigenvalue weighted by molar-refractivity contribution is 5.20. The standard InChI is InChI=1S/C16H17N3O2/c17-19-18-16(14-9-5-2-6-10-14)15(20)12-21-11-13-7-3-1-4-8-13/h1-10,15-16,20H,11-12H2/t15-,16+/m0/s1. The Morgan fingerprint density at radius 3 is 2.29 bits per heavy atom. The maximum absolute atomic E-state index is 10.2. The molecule has 0 saturated heterocycles. The molecule has 2 atom stereocenters. The van der Waals surface area contributed by atoms with Crippen molar-refractivity contribution in [2.75, 3.05) is 6.61 Å². The molecule has 2 rings (SSSR count). The lowest BCUT2D eigenvalue weighted by molar-refractivity contribution is 0.0157. The van der Waals surface area contributed by atoms with Crippen LogP contribution in [0, 0.1) is 0 Å². The first-order valence-electron chi connectivity index (χ1n) is 6.70. The Kier molecular flexibility index (Phi) is 5.79. The number of aliphatic hydroxyl groups is 1. The first-order chi connectivity index (χ1) is 10.3. The number of ether oxygens (including phenoxy) is 1. The minimum Gasteiger partial charge on any atom is -0.390 e. The zero-order chi connectivity index (χ0) is 14.9. The van der Waals surface area contributed by atoms with Crippen LogP contribution < -0.4 is 0 Å². The maximum atomic E-state index is 10.2. The third kappa shape index (κ3) is 4.61. The molecule has 0 aliphatic heterocycles. The second-order valence-electron chi connectivity index (χ2n) is 4.63. The number of azide groups is 1. The topological polar surface area (TPSA) is 78.2 Å². The van der Waals surface area contributed by atoms with Crippen LogP contribution in [0.1, 0.15) is 17.2 Å². The molecule has 21 heavy (non-hydrogen) atoms. The van der Waals surface area contributed by atoms with Gasteiger partial charge in [-0.3, -0.25) is 0 Å². The van der Waals surface area contributed by atoms with E-state index in [2.05, 4.69) is 10.0 Å². The largest absolute Gasteiger partial charge is 0.390 e. The number of rotatable bonds is 7. The van der Waals surface area contributed by atoms with Crippen molar-refractivity contribution in [3.05, 3.63) is 82.2 Å². The second-order valence-corrected chi connectivity index (χ2v) is 4.63. The lowest BCUT2D eigenvalue weighted by Crippen LogP contribution is -2.22. The van der Waals surface area contributed by atoms with Gasteiger partial charge in [0.1, 0.15) is 0 Å². The van der Waals surface area contributed by atoms with Gasteiger partial charge in [-0.2, -0.15) is 0 Å². The lowest BCUT2D eigenvalue weighted by Gasteiger charge is -2.18. The molecule has 0 spiro atoms. The molecule has 2 aromatic rings. The number of nitrogens with zero attached hydrogens (tertiary/aromatic N) is 3. The van der Waals surface area contributed by atoms with Gasteiger partial charge in [0.25, 0.3) is 0 Å². The molecule has 0 fully saturated rings. The predicted octanol–water partition coefficient (Wildman–Crippen LogP) is 3.62. The summed E-state index contributed by atoms with van der Waals surface area (Å²) in [5.41, 5.74) is 10.5. The summed E-state index contributed by atoms with van der Waals surface area (Å²) in [6.45, 7) is 0.517. The summed E-state index contributed by atoms with van der Waals surface area (Å²) in [6.07, 6.45) is -0.882. The minimum absolute atomic E-state index is 0.105. The Morgan fingerprint density at radius 2 is 1.67 bits per heavy atom. The molecule has 2 aromatic carbocycles. The first kappa shape index (κ1) is 15.1. The van der Waals surface area contributed by atoms with E-state index in [0.717, 1.165) is 11.1 Å². The van der Waals surface area contributed by atoms with Crippen molar-refractivity contribution in [1.29, 1.82) is 0 Å². The molecular weight excluding hydrogens is 266 g/mol. The average molecular weight is 283 g/mol. The van der Waals surface area contributed by atoms with E-state index < -0.39 is 12.1 Å². The van der Waals surface area contributed by atoms with Crippen molar-refractivity contribution in [3.8, 4) is 0 Å². The molecule has 108 valence electrons. The highest BCUT2D eigenvalue weighted by atomic mass is 16.5. The summed E-state index contributed by atoms with van der Waals surface area (Å²) in [4.78, 5) is 2.81. The van der Waals surface area contributed by atoms with E-state index in [1.165, 1.54) is 0 Å². The van der Waals surface area contributed by atoms with Crippen LogP contribution in [-0.4, -0.2) is 17.8 Å².